The molecule has 0 atom stereocenters. The Bertz CT molecular complexity index is 496. The summed E-state index contributed by atoms with van der Waals surface area (Å²) >= 11 is 0. The topological polar surface area (TPSA) is 66.8 Å². The first-order chi connectivity index (χ1) is 9.41. The standard InChI is InChI=1S/C14H23NO4S/c1-12(2)10-15(8-9-19-3)20(17,18)14-6-4-13(11-16)5-7-14/h4-7,12,16H,8-11H2,1-3H3. The van der Waals surface area contributed by atoms with Crippen molar-refractivity contribution in [3.8, 4) is 0 Å². The van der Waals surface area contributed by atoms with Crippen molar-refractivity contribution in [2.24, 2.45) is 5.92 Å². The molecule has 1 rings (SSSR count). The molecule has 0 unspecified atom stereocenters. The van der Waals surface area contributed by atoms with Crippen LogP contribution in [-0.2, 0) is 21.4 Å². The van der Waals surface area contributed by atoms with E-state index < -0.39 is 10.0 Å². The summed E-state index contributed by atoms with van der Waals surface area (Å²) in [4.78, 5) is 0.242. The van der Waals surface area contributed by atoms with Crippen molar-refractivity contribution in [2.45, 2.75) is 25.3 Å². The van der Waals surface area contributed by atoms with Gasteiger partial charge >= 0.3 is 0 Å². The van der Waals surface area contributed by atoms with E-state index in [0.29, 0.717) is 25.3 Å². The quantitative estimate of drug-likeness (QED) is 0.789. The van der Waals surface area contributed by atoms with Crippen LogP contribution < -0.4 is 0 Å². The highest BCUT2D eigenvalue weighted by molar-refractivity contribution is 7.89. The fourth-order valence-corrected chi connectivity index (χ4v) is 3.41. The molecule has 0 aliphatic heterocycles. The van der Waals surface area contributed by atoms with Crippen molar-refractivity contribution in [2.75, 3.05) is 26.8 Å². The Morgan fingerprint density at radius 1 is 1.25 bits per heavy atom. The number of hydrogen-bond donors (Lipinski definition) is 1. The van der Waals surface area contributed by atoms with Gasteiger partial charge in [-0.25, -0.2) is 8.42 Å². The summed E-state index contributed by atoms with van der Waals surface area (Å²) in [7, 11) is -1.97. The van der Waals surface area contributed by atoms with E-state index in [-0.39, 0.29) is 17.4 Å². The van der Waals surface area contributed by atoms with Gasteiger partial charge in [-0.2, -0.15) is 4.31 Å². The molecule has 0 aromatic heterocycles. The molecule has 1 N–H and O–H groups in total. The van der Waals surface area contributed by atoms with Crippen LogP contribution in [-0.4, -0.2) is 44.6 Å². The maximum atomic E-state index is 12.6. The number of aliphatic hydroxyl groups excluding tert-OH is 1. The number of rotatable bonds is 8. The minimum absolute atomic E-state index is 0.0975. The normalized spacial score (nSPS) is 12.3. The predicted molar refractivity (Wildman–Crippen MR) is 77.8 cm³/mol. The van der Waals surface area contributed by atoms with Gasteiger partial charge in [0.05, 0.1) is 18.1 Å². The second kappa shape index (κ2) is 7.73. The van der Waals surface area contributed by atoms with Crippen LogP contribution in [0.15, 0.2) is 29.2 Å². The van der Waals surface area contributed by atoms with Crippen molar-refractivity contribution in [1.29, 1.82) is 0 Å². The molecule has 6 heteroatoms. The number of hydrogen-bond acceptors (Lipinski definition) is 4. The zero-order valence-corrected chi connectivity index (χ0v) is 13.1. The fourth-order valence-electron chi connectivity index (χ4n) is 1.83. The summed E-state index contributed by atoms with van der Waals surface area (Å²) in [5.41, 5.74) is 0.691. The van der Waals surface area contributed by atoms with Gasteiger partial charge in [-0.3, -0.25) is 0 Å². The lowest BCUT2D eigenvalue weighted by Gasteiger charge is -2.23. The molecule has 0 amide bonds. The molecule has 0 saturated heterocycles. The lowest BCUT2D eigenvalue weighted by Crippen LogP contribution is -2.36. The van der Waals surface area contributed by atoms with Crippen LogP contribution in [0.3, 0.4) is 0 Å². The first-order valence-electron chi connectivity index (χ1n) is 6.60. The number of aliphatic hydroxyl groups is 1. The second-order valence-corrected chi connectivity index (χ2v) is 6.99. The molecular formula is C14H23NO4S. The van der Waals surface area contributed by atoms with Crippen molar-refractivity contribution in [3.05, 3.63) is 29.8 Å². The molecule has 1 aromatic rings. The van der Waals surface area contributed by atoms with Crippen LogP contribution in [0.5, 0.6) is 0 Å². The number of sulfonamides is 1. The van der Waals surface area contributed by atoms with Crippen LogP contribution in [0, 0.1) is 5.92 Å². The second-order valence-electron chi connectivity index (χ2n) is 5.05. The summed E-state index contributed by atoms with van der Waals surface area (Å²) in [5, 5.41) is 9.00. The molecule has 0 heterocycles. The van der Waals surface area contributed by atoms with E-state index >= 15 is 0 Å². The summed E-state index contributed by atoms with van der Waals surface area (Å²) < 4.78 is 31.6. The first-order valence-corrected chi connectivity index (χ1v) is 8.04. The van der Waals surface area contributed by atoms with E-state index in [4.69, 9.17) is 9.84 Å². The minimum Gasteiger partial charge on any atom is -0.392 e. The third kappa shape index (κ3) is 4.56. The molecule has 20 heavy (non-hydrogen) atoms. The maximum absolute atomic E-state index is 12.6. The molecule has 114 valence electrons. The third-order valence-corrected chi connectivity index (χ3v) is 4.74. The maximum Gasteiger partial charge on any atom is 0.243 e. The minimum atomic E-state index is -3.52. The van der Waals surface area contributed by atoms with Gasteiger partial charge in [0.15, 0.2) is 0 Å². The Morgan fingerprint density at radius 2 is 1.85 bits per heavy atom. The van der Waals surface area contributed by atoms with Gasteiger partial charge in [-0.15, -0.1) is 0 Å². The molecule has 0 aliphatic carbocycles. The van der Waals surface area contributed by atoms with E-state index in [1.54, 1.807) is 19.2 Å². The van der Waals surface area contributed by atoms with Crippen LogP contribution >= 0.6 is 0 Å². The third-order valence-electron chi connectivity index (χ3n) is 2.86. The zero-order valence-electron chi connectivity index (χ0n) is 12.2. The smallest absolute Gasteiger partial charge is 0.243 e. The first kappa shape index (κ1) is 17.1. The average Bonchev–Trinajstić information content (AvgIpc) is 2.43. The highest BCUT2D eigenvalue weighted by atomic mass is 32.2. The Balaban J connectivity index is 3.00. The van der Waals surface area contributed by atoms with Crippen LogP contribution in [0.2, 0.25) is 0 Å². The van der Waals surface area contributed by atoms with E-state index in [1.165, 1.54) is 16.4 Å². The summed E-state index contributed by atoms with van der Waals surface area (Å²) in [6.45, 7) is 5.00. The zero-order chi connectivity index (χ0) is 15.2. The molecule has 1 aromatic carbocycles. The highest BCUT2D eigenvalue weighted by Crippen LogP contribution is 2.17. The lowest BCUT2D eigenvalue weighted by atomic mass is 10.2. The number of ether oxygens (including phenoxy) is 1. The Morgan fingerprint density at radius 3 is 2.30 bits per heavy atom. The molecule has 5 nitrogen and oxygen atoms in total. The van der Waals surface area contributed by atoms with Crippen LogP contribution in [0.25, 0.3) is 0 Å². The van der Waals surface area contributed by atoms with Gasteiger partial charge in [0.25, 0.3) is 0 Å². The van der Waals surface area contributed by atoms with Gasteiger partial charge in [0.2, 0.25) is 10.0 Å². The predicted octanol–water partition coefficient (Wildman–Crippen LogP) is 1.47. The van der Waals surface area contributed by atoms with Crippen molar-refractivity contribution in [3.63, 3.8) is 0 Å². The van der Waals surface area contributed by atoms with Crippen LogP contribution in [0.4, 0.5) is 0 Å². The van der Waals surface area contributed by atoms with Crippen molar-refractivity contribution >= 4 is 10.0 Å². The Labute approximate surface area is 121 Å². The van der Waals surface area contributed by atoms with Gasteiger partial charge in [0, 0.05) is 20.2 Å². The highest BCUT2D eigenvalue weighted by Gasteiger charge is 2.24. The summed E-state index contributed by atoms with van der Waals surface area (Å²) in [6.07, 6.45) is 0. The average molecular weight is 301 g/mol. The van der Waals surface area contributed by atoms with Crippen molar-refractivity contribution < 1.29 is 18.3 Å². The number of methoxy groups -OCH3 is 1. The lowest BCUT2D eigenvalue weighted by molar-refractivity contribution is 0.175. The van der Waals surface area contributed by atoms with E-state index in [1.807, 2.05) is 13.8 Å². The number of nitrogens with zero attached hydrogens (tertiary/aromatic N) is 1. The van der Waals surface area contributed by atoms with E-state index in [0.717, 1.165) is 0 Å². The summed E-state index contributed by atoms with van der Waals surface area (Å²) in [6, 6.07) is 6.30. The van der Waals surface area contributed by atoms with Gasteiger partial charge in [-0.05, 0) is 23.6 Å². The molecule has 0 radical (unpaired) electrons. The Hall–Kier alpha value is -0.950. The van der Waals surface area contributed by atoms with Gasteiger partial charge in [0.1, 0.15) is 0 Å². The Kier molecular flexibility index (Phi) is 6.61. The largest absolute Gasteiger partial charge is 0.392 e. The van der Waals surface area contributed by atoms with Crippen LogP contribution in [0.1, 0.15) is 19.4 Å². The monoisotopic (exact) mass is 301 g/mol. The van der Waals surface area contributed by atoms with E-state index in [2.05, 4.69) is 0 Å². The molecule has 0 aliphatic rings. The molecule has 0 saturated carbocycles. The summed E-state index contributed by atoms with van der Waals surface area (Å²) in [5.74, 6) is 0.235. The SMILES string of the molecule is COCCN(CC(C)C)S(=O)(=O)c1ccc(CO)cc1. The fraction of sp³-hybridized carbons (Fsp3) is 0.571. The number of benzene rings is 1. The van der Waals surface area contributed by atoms with Crippen molar-refractivity contribution in [1.82, 2.24) is 4.31 Å². The van der Waals surface area contributed by atoms with E-state index in [9.17, 15) is 8.42 Å². The van der Waals surface area contributed by atoms with Gasteiger partial charge in [-0.1, -0.05) is 26.0 Å². The molecule has 0 spiro atoms. The van der Waals surface area contributed by atoms with Gasteiger partial charge < -0.3 is 9.84 Å². The molecular weight excluding hydrogens is 278 g/mol. The molecule has 0 fully saturated rings. The molecule has 0 bridgehead atoms.